The molecule has 0 atom stereocenters. The number of benzene rings is 1. The van der Waals surface area contributed by atoms with E-state index in [4.69, 9.17) is 10.9 Å². The molecule has 0 radical (unpaired) electrons. The summed E-state index contributed by atoms with van der Waals surface area (Å²) in [6.07, 6.45) is 4.75. The quantitative estimate of drug-likeness (QED) is 0.270. The third-order valence-electron chi connectivity index (χ3n) is 2.82. The Labute approximate surface area is 111 Å². The van der Waals surface area contributed by atoms with Gasteiger partial charge in [0, 0.05) is 6.54 Å². The molecule has 3 N–H and O–H groups in total. The number of unbranched alkanes of at least 4 members (excludes halogenated alkanes) is 1. The van der Waals surface area contributed by atoms with Crippen molar-refractivity contribution in [3.05, 3.63) is 48.0 Å². The number of hydrogen-bond acceptors (Lipinski definition) is 4. The summed E-state index contributed by atoms with van der Waals surface area (Å²) in [7, 11) is 0. The average Bonchev–Trinajstić information content (AvgIpc) is 2.93. The lowest BCUT2D eigenvalue weighted by Crippen LogP contribution is -2.15. The summed E-state index contributed by atoms with van der Waals surface area (Å²) in [5.41, 5.74) is 6.75. The van der Waals surface area contributed by atoms with Crippen LogP contribution < -0.4 is 5.73 Å². The van der Waals surface area contributed by atoms with Gasteiger partial charge in [-0.25, -0.2) is 4.98 Å². The van der Waals surface area contributed by atoms with Crippen LogP contribution in [0.5, 0.6) is 0 Å². The van der Waals surface area contributed by atoms with E-state index >= 15 is 0 Å². The third-order valence-corrected chi connectivity index (χ3v) is 2.82. The fourth-order valence-corrected chi connectivity index (χ4v) is 1.81. The Hall–Kier alpha value is -2.37. The molecule has 0 amide bonds. The Bertz CT molecular complexity index is 535. The third kappa shape index (κ3) is 3.80. The molecule has 0 fully saturated rings. The molecule has 1 aromatic heterocycles. The van der Waals surface area contributed by atoms with Gasteiger partial charge in [0.1, 0.15) is 6.33 Å². The first-order chi connectivity index (χ1) is 9.29. The standard InChI is InChI=1S/C13H17N5O/c14-12(17-19)13-15-10-18(16-13)9-5-4-8-11-6-2-1-3-7-11/h1-3,6-7,10,19H,4-5,8-9H2,(H2,14,17). The molecule has 0 bridgehead atoms. The van der Waals surface area contributed by atoms with Crippen LogP contribution in [-0.4, -0.2) is 25.8 Å². The molecule has 100 valence electrons. The second kappa shape index (κ2) is 6.53. The van der Waals surface area contributed by atoms with Crippen LogP contribution >= 0.6 is 0 Å². The van der Waals surface area contributed by atoms with E-state index in [1.807, 2.05) is 6.07 Å². The van der Waals surface area contributed by atoms with Gasteiger partial charge in [-0.05, 0) is 24.8 Å². The SMILES string of the molecule is N/C(=N/O)c1ncn(CCCCc2ccccc2)n1. The molecule has 0 spiro atoms. The van der Waals surface area contributed by atoms with Gasteiger partial charge in [-0.15, -0.1) is 5.10 Å². The van der Waals surface area contributed by atoms with E-state index in [9.17, 15) is 0 Å². The molecule has 0 saturated heterocycles. The first-order valence-corrected chi connectivity index (χ1v) is 6.21. The van der Waals surface area contributed by atoms with Crippen molar-refractivity contribution in [2.24, 2.45) is 10.9 Å². The maximum Gasteiger partial charge on any atom is 0.219 e. The average molecular weight is 259 g/mol. The number of nitrogens with two attached hydrogens (primary N) is 1. The molecule has 19 heavy (non-hydrogen) atoms. The number of aromatic nitrogens is 3. The topological polar surface area (TPSA) is 89.3 Å². The Morgan fingerprint density at radius 3 is 2.79 bits per heavy atom. The molecule has 1 heterocycles. The van der Waals surface area contributed by atoms with Crippen LogP contribution in [0.25, 0.3) is 0 Å². The molecule has 6 heteroatoms. The normalized spacial score (nSPS) is 11.7. The molecule has 0 aliphatic carbocycles. The van der Waals surface area contributed by atoms with Crippen LogP contribution in [0.1, 0.15) is 24.2 Å². The molecule has 1 aromatic carbocycles. The predicted octanol–water partition coefficient (Wildman–Crippen LogP) is 1.40. The number of hydrogen-bond donors (Lipinski definition) is 2. The van der Waals surface area contributed by atoms with Crippen molar-refractivity contribution >= 4 is 5.84 Å². The number of nitrogens with zero attached hydrogens (tertiary/aromatic N) is 4. The maximum atomic E-state index is 8.51. The Balaban J connectivity index is 1.75. The molecule has 0 aliphatic rings. The summed E-state index contributed by atoms with van der Waals surface area (Å²) in [6.45, 7) is 0.776. The number of oxime groups is 1. The van der Waals surface area contributed by atoms with Gasteiger partial charge in [0.2, 0.25) is 11.7 Å². The van der Waals surface area contributed by atoms with Gasteiger partial charge in [0.05, 0.1) is 0 Å². The molecule has 2 aromatic rings. The zero-order valence-electron chi connectivity index (χ0n) is 10.6. The van der Waals surface area contributed by atoms with Crippen molar-refractivity contribution in [1.82, 2.24) is 14.8 Å². The lowest BCUT2D eigenvalue weighted by molar-refractivity contribution is 0.318. The lowest BCUT2D eigenvalue weighted by atomic mass is 10.1. The summed E-state index contributed by atoms with van der Waals surface area (Å²) >= 11 is 0. The van der Waals surface area contributed by atoms with Crippen LogP contribution in [0.3, 0.4) is 0 Å². The highest BCUT2D eigenvalue weighted by Gasteiger charge is 2.05. The van der Waals surface area contributed by atoms with E-state index in [0.717, 1.165) is 25.8 Å². The number of aryl methyl sites for hydroxylation is 2. The summed E-state index contributed by atoms with van der Waals surface area (Å²) in [4.78, 5) is 3.96. The zero-order chi connectivity index (χ0) is 13.5. The van der Waals surface area contributed by atoms with E-state index in [1.54, 1.807) is 11.0 Å². The summed E-state index contributed by atoms with van der Waals surface area (Å²) < 4.78 is 1.71. The van der Waals surface area contributed by atoms with Gasteiger partial charge >= 0.3 is 0 Å². The van der Waals surface area contributed by atoms with Crippen LogP contribution in [0.4, 0.5) is 0 Å². The van der Waals surface area contributed by atoms with Crippen molar-refractivity contribution in [2.75, 3.05) is 0 Å². The summed E-state index contributed by atoms with van der Waals surface area (Å²) in [5.74, 6) is 0.189. The number of rotatable bonds is 6. The van der Waals surface area contributed by atoms with Gasteiger partial charge in [0.15, 0.2) is 0 Å². The molecule has 0 saturated carbocycles. The van der Waals surface area contributed by atoms with E-state index in [1.165, 1.54) is 5.56 Å². The molecular formula is C13H17N5O. The van der Waals surface area contributed by atoms with Crippen LogP contribution in [-0.2, 0) is 13.0 Å². The minimum atomic E-state index is -0.0666. The Morgan fingerprint density at radius 1 is 1.26 bits per heavy atom. The fourth-order valence-electron chi connectivity index (χ4n) is 1.81. The zero-order valence-corrected chi connectivity index (χ0v) is 10.6. The fraction of sp³-hybridized carbons (Fsp3) is 0.308. The van der Waals surface area contributed by atoms with Crippen molar-refractivity contribution in [3.63, 3.8) is 0 Å². The second-order valence-electron chi connectivity index (χ2n) is 4.26. The van der Waals surface area contributed by atoms with Gasteiger partial charge in [-0.1, -0.05) is 35.5 Å². The molecule has 6 nitrogen and oxygen atoms in total. The smallest absolute Gasteiger partial charge is 0.219 e. The Kier molecular flexibility index (Phi) is 4.49. The minimum Gasteiger partial charge on any atom is -0.409 e. The molecular weight excluding hydrogens is 242 g/mol. The van der Waals surface area contributed by atoms with Gasteiger partial charge in [-0.3, -0.25) is 4.68 Å². The van der Waals surface area contributed by atoms with E-state index < -0.39 is 0 Å². The van der Waals surface area contributed by atoms with Gasteiger partial charge < -0.3 is 10.9 Å². The predicted molar refractivity (Wildman–Crippen MR) is 71.9 cm³/mol. The molecule has 2 rings (SSSR count). The van der Waals surface area contributed by atoms with Crippen LogP contribution in [0.2, 0.25) is 0 Å². The first-order valence-electron chi connectivity index (χ1n) is 6.21. The highest BCUT2D eigenvalue weighted by atomic mass is 16.4. The number of amidine groups is 1. The molecule has 0 aliphatic heterocycles. The lowest BCUT2D eigenvalue weighted by Gasteiger charge is -2.01. The van der Waals surface area contributed by atoms with E-state index in [2.05, 4.69) is 39.5 Å². The van der Waals surface area contributed by atoms with Crippen molar-refractivity contribution < 1.29 is 5.21 Å². The first kappa shape index (κ1) is 13.1. The van der Waals surface area contributed by atoms with E-state index in [-0.39, 0.29) is 11.7 Å². The van der Waals surface area contributed by atoms with Crippen LogP contribution in [0.15, 0.2) is 41.8 Å². The highest BCUT2D eigenvalue weighted by Crippen LogP contribution is 2.05. The van der Waals surface area contributed by atoms with E-state index in [0.29, 0.717) is 0 Å². The van der Waals surface area contributed by atoms with Gasteiger partial charge in [-0.2, -0.15) is 0 Å². The maximum absolute atomic E-state index is 8.51. The summed E-state index contributed by atoms with van der Waals surface area (Å²) in [6, 6.07) is 10.4. The second-order valence-corrected chi connectivity index (χ2v) is 4.26. The van der Waals surface area contributed by atoms with Crippen molar-refractivity contribution in [2.45, 2.75) is 25.8 Å². The monoisotopic (exact) mass is 259 g/mol. The largest absolute Gasteiger partial charge is 0.409 e. The van der Waals surface area contributed by atoms with Crippen molar-refractivity contribution in [3.8, 4) is 0 Å². The Morgan fingerprint density at radius 2 is 2.05 bits per heavy atom. The van der Waals surface area contributed by atoms with Crippen LogP contribution in [0, 0.1) is 0 Å². The van der Waals surface area contributed by atoms with Crippen molar-refractivity contribution in [1.29, 1.82) is 0 Å². The highest BCUT2D eigenvalue weighted by molar-refractivity contribution is 5.93. The molecule has 0 unspecified atom stereocenters. The van der Waals surface area contributed by atoms with Gasteiger partial charge in [0.25, 0.3) is 0 Å². The summed E-state index contributed by atoms with van der Waals surface area (Å²) in [5, 5.41) is 15.5. The minimum absolute atomic E-state index is 0.0666.